The van der Waals surface area contributed by atoms with Crippen LogP contribution in [0.15, 0.2) is 42.6 Å². The number of aromatic nitrogens is 3. The predicted octanol–water partition coefficient (Wildman–Crippen LogP) is 4.92. The highest BCUT2D eigenvalue weighted by Gasteiger charge is 2.19. The molecule has 35 heavy (non-hydrogen) atoms. The molecular formula is C25H33ClN7OP. The number of nitrogens with zero attached hydrogens (tertiary/aromatic N) is 5. The van der Waals surface area contributed by atoms with Crippen LogP contribution in [0.4, 0.5) is 29.0 Å². The predicted molar refractivity (Wildman–Crippen MR) is 148 cm³/mol. The molecule has 0 radical (unpaired) electrons. The molecule has 0 bridgehead atoms. The third-order valence-electron chi connectivity index (χ3n) is 5.65. The largest absolute Gasteiger partial charge is 0.473 e. The third-order valence-corrected chi connectivity index (χ3v) is 7.28. The van der Waals surface area contributed by atoms with Crippen LogP contribution in [-0.4, -0.2) is 72.5 Å². The first kappa shape index (κ1) is 25.4. The Morgan fingerprint density at radius 1 is 0.971 bits per heavy atom. The minimum Gasteiger partial charge on any atom is -0.473 e. The van der Waals surface area contributed by atoms with Gasteiger partial charge in [0.2, 0.25) is 11.8 Å². The highest BCUT2D eigenvalue weighted by atomic mass is 35.5. The lowest BCUT2D eigenvalue weighted by Gasteiger charge is -2.33. The van der Waals surface area contributed by atoms with E-state index >= 15 is 0 Å². The summed E-state index contributed by atoms with van der Waals surface area (Å²) in [6.45, 7) is 12.3. The standard InChI is InChI=1S/C25H33ClN7OP/c1-17(2)34-24-20(10-11-22(30-24)33-14-12-32(3)13-15-33)29-25-27-16-18(26)23(31-25)28-19-8-6-7-9-21(19)35(4)5/h6-11,16-17H,12-15H2,1-5H3,(H2,27,28,29,31). The highest BCUT2D eigenvalue weighted by Crippen LogP contribution is 2.33. The van der Waals surface area contributed by atoms with Gasteiger partial charge in [0.1, 0.15) is 16.5 Å². The zero-order chi connectivity index (χ0) is 24.9. The van der Waals surface area contributed by atoms with Crippen molar-refractivity contribution in [1.82, 2.24) is 19.9 Å². The first-order valence-electron chi connectivity index (χ1n) is 11.7. The molecule has 2 N–H and O–H groups in total. The lowest BCUT2D eigenvalue weighted by atomic mass is 10.3. The highest BCUT2D eigenvalue weighted by molar-refractivity contribution is 7.64. The van der Waals surface area contributed by atoms with Crippen molar-refractivity contribution < 1.29 is 4.74 Å². The average molecular weight is 514 g/mol. The van der Waals surface area contributed by atoms with Crippen LogP contribution in [0.5, 0.6) is 5.88 Å². The number of hydrogen-bond donors (Lipinski definition) is 2. The van der Waals surface area contributed by atoms with Gasteiger partial charge in [0, 0.05) is 31.9 Å². The molecule has 2 aromatic heterocycles. The SMILES string of the molecule is CC(C)Oc1nc(N2CCN(C)CC2)ccc1Nc1ncc(Cl)c(Nc2ccccc2P(C)C)n1. The van der Waals surface area contributed by atoms with Gasteiger partial charge >= 0.3 is 0 Å². The number of likely N-dealkylation sites (N-methyl/N-ethyl adjacent to an activating group) is 1. The maximum absolute atomic E-state index is 6.44. The molecule has 0 amide bonds. The molecular weight excluding hydrogens is 481 g/mol. The molecule has 0 aliphatic carbocycles. The van der Waals surface area contributed by atoms with Crippen LogP contribution in [0.25, 0.3) is 0 Å². The number of halogens is 1. The Morgan fingerprint density at radius 2 is 1.71 bits per heavy atom. The van der Waals surface area contributed by atoms with E-state index in [1.54, 1.807) is 6.20 Å². The monoisotopic (exact) mass is 513 g/mol. The zero-order valence-corrected chi connectivity index (χ0v) is 22.6. The van der Waals surface area contributed by atoms with Gasteiger partial charge in [-0.25, -0.2) is 4.98 Å². The van der Waals surface area contributed by atoms with Crippen molar-refractivity contribution in [1.29, 1.82) is 0 Å². The first-order valence-corrected chi connectivity index (χ1v) is 14.4. The van der Waals surface area contributed by atoms with Crippen molar-refractivity contribution in [2.24, 2.45) is 0 Å². The lowest BCUT2D eigenvalue weighted by molar-refractivity contribution is 0.234. The van der Waals surface area contributed by atoms with E-state index in [1.165, 1.54) is 5.30 Å². The minimum atomic E-state index is -0.290. The van der Waals surface area contributed by atoms with Gasteiger partial charge in [-0.15, -0.1) is 0 Å². The van der Waals surface area contributed by atoms with E-state index < -0.39 is 0 Å². The Hall–Kier alpha value is -2.67. The molecule has 3 aromatic rings. The summed E-state index contributed by atoms with van der Waals surface area (Å²) in [6.07, 6.45) is 1.57. The van der Waals surface area contributed by atoms with Crippen LogP contribution in [0.1, 0.15) is 13.8 Å². The smallest absolute Gasteiger partial charge is 0.240 e. The fourth-order valence-corrected chi connectivity index (χ4v) is 4.92. The molecule has 1 aromatic carbocycles. The van der Waals surface area contributed by atoms with Crippen molar-refractivity contribution in [2.45, 2.75) is 20.0 Å². The molecule has 4 rings (SSSR count). The number of nitrogens with one attached hydrogen (secondary N) is 2. The van der Waals surface area contributed by atoms with Crippen LogP contribution < -0.4 is 25.6 Å². The third kappa shape index (κ3) is 6.51. The van der Waals surface area contributed by atoms with Gasteiger partial charge in [-0.3, -0.25) is 0 Å². The molecule has 10 heteroatoms. The number of benzene rings is 1. The van der Waals surface area contributed by atoms with Crippen LogP contribution >= 0.6 is 19.5 Å². The molecule has 0 atom stereocenters. The van der Waals surface area contributed by atoms with E-state index in [1.807, 2.05) is 44.2 Å². The topological polar surface area (TPSA) is 78.4 Å². The van der Waals surface area contributed by atoms with Gasteiger partial charge < -0.3 is 25.2 Å². The number of para-hydroxylation sites is 1. The Kier molecular flexibility index (Phi) is 8.26. The minimum absolute atomic E-state index is 0.0244. The first-order chi connectivity index (χ1) is 16.8. The second-order valence-electron chi connectivity index (χ2n) is 9.03. The van der Waals surface area contributed by atoms with Crippen LogP contribution in [0.3, 0.4) is 0 Å². The van der Waals surface area contributed by atoms with E-state index in [0.717, 1.165) is 37.7 Å². The van der Waals surface area contributed by atoms with Crippen LogP contribution in [0.2, 0.25) is 5.02 Å². The van der Waals surface area contributed by atoms with Gasteiger partial charge in [-0.2, -0.15) is 9.97 Å². The summed E-state index contributed by atoms with van der Waals surface area (Å²) < 4.78 is 6.06. The molecule has 1 aliphatic heterocycles. The van der Waals surface area contributed by atoms with Gasteiger partial charge in [-0.1, -0.05) is 37.7 Å². The summed E-state index contributed by atoms with van der Waals surface area (Å²) in [5.74, 6) is 2.39. The Morgan fingerprint density at radius 3 is 2.43 bits per heavy atom. The fourth-order valence-electron chi connectivity index (χ4n) is 3.78. The number of rotatable bonds is 8. The lowest BCUT2D eigenvalue weighted by Crippen LogP contribution is -2.44. The Balaban J connectivity index is 1.58. The van der Waals surface area contributed by atoms with Crippen molar-refractivity contribution in [2.75, 3.05) is 62.1 Å². The summed E-state index contributed by atoms with van der Waals surface area (Å²) in [7, 11) is 1.85. The summed E-state index contributed by atoms with van der Waals surface area (Å²) in [5, 5.41) is 8.36. The van der Waals surface area contributed by atoms with Crippen molar-refractivity contribution >= 4 is 53.8 Å². The van der Waals surface area contributed by atoms with E-state index in [2.05, 4.69) is 56.8 Å². The molecule has 8 nitrogen and oxygen atoms in total. The molecule has 1 aliphatic rings. The number of pyridine rings is 1. The summed E-state index contributed by atoms with van der Waals surface area (Å²) in [5.41, 5.74) is 1.70. The van der Waals surface area contributed by atoms with Crippen molar-refractivity contribution in [3.8, 4) is 5.88 Å². The van der Waals surface area contributed by atoms with E-state index in [9.17, 15) is 0 Å². The molecule has 0 spiro atoms. The maximum Gasteiger partial charge on any atom is 0.240 e. The summed E-state index contributed by atoms with van der Waals surface area (Å²) >= 11 is 6.44. The molecule has 0 saturated carbocycles. The molecule has 1 saturated heterocycles. The number of hydrogen-bond acceptors (Lipinski definition) is 8. The van der Waals surface area contributed by atoms with Crippen molar-refractivity contribution in [3.05, 3.63) is 47.6 Å². The summed E-state index contributed by atoms with van der Waals surface area (Å²) in [6, 6.07) is 12.2. The van der Waals surface area contributed by atoms with Gasteiger partial charge in [0.15, 0.2) is 5.82 Å². The Labute approximate surface area is 213 Å². The van der Waals surface area contributed by atoms with Crippen molar-refractivity contribution in [3.63, 3.8) is 0 Å². The molecule has 1 fully saturated rings. The molecule has 0 unspecified atom stereocenters. The number of ether oxygens (including phenoxy) is 1. The molecule has 3 heterocycles. The van der Waals surface area contributed by atoms with Gasteiger partial charge in [0.25, 0.3) is 0 Å². The van der Waals surface area contributed by atoms with E-state index in [-0.39, 0.29) is 14.0 Å². The fraction of sp³-hybridized carbons (Fsp3) is 0.400. The summed E-state index contributed by atoms with van der Waals surface area (Å²) in [4.78, 5) is 18.5. The second-order valence-corrected chi connectivity index (χ2v) is 11.7. The van der Waals surface area contributed by atoms with Gasteiger partial charge in [-0.05, 0) is 57.7 Å². The quantitative estimate of drug-likeness (QED) is 0.411. The normalized spacial score (nSPS) is 14.5. The maximum atomic E-state index is 6.44. The van der Waals surface area contributed by atoms with Crippen LogP contribution in [0, 0.1) is 0 Å². The number of piperazine rings is 1. The van der Waals surface area contributed by atoms with E-state index in [0.29, 0.717) is 28.4 Å². The van der Waals surface area contributed by atoms with Gasteiger partial charge in [0.05, 0.1) is 12.3 Å². The Bertz CT molecular complexity index is 1150. The molecule has 186 valence electrons. The number of anilines is 5. The second kappa shape index (κ2) is 11.4. The van der Waals surface area contributed by atoms with E-state index in [4.69, 9.17) is 21.3 Å². The zero-order valence-electron chi connectivity index (χ0n) is 20.9. The van der Waals surface area contributed by atoms with Crippen LogP contribution in [-0.2, 0) is 0 Å². The average Bonchev–Trinajstić information content (AvgIpc) is 2.82.